The number of benzene rings is 2. The van der Waals surface area contributed by atoms with E-state index in [0.29, 0.717) is 12.0 Å². The summed E-state index contributed by atoms with van der Waals surface area (Å²) in [4.78, 5) is 21.6. The Morgan fingerprint density at radius 3 is 2.48 bits per heavy atom. The molecule has 1 unspecified atom stereocenters. The van der Waals surface area contributed by atoms with Gasteiger partial charge in [-0.1, -0.05) is 49.4 Å². The van der Waals surface area contributed by atoms with Crippen LogP contribution in [0.2, 0.25) is 0 Å². The van der Waals surface area contributed by atoms with Crippen molar-refractivity contribution in [1.82, 2.24) is 0 Å². The normalized spacial score (nSPS) is 11.7. The maximum atomic E-state index is 10.9. The van der Waals surface area contributed by atoms with Gasteiger partial charge < -0.3 is 10.5 Å². The molecule has 0 aliphatic heterocycles. The molecule has 0 radical (unpaired) electrons. The Morgan fingerprint density at radius 1 is 1.19 bits per heavy atom. The second kappa shape index (κ2) is 6.70. The number of aldehydes is 1. The molecule has 0 saturated heterocycles. The number of ether oxygens (including phenoxy) is 1. The molecule has 0 aromatic heterocycles. The summed E-state index contributed by atoms with van der Waals surface area (Å²) in [6.45, 7) is 1.93. The fourth-order valence-corrected chi connectivity index (χ4v) is 2.20. The van der Waals surface area contributed by atoms with E-state index < -0.39 is 6.09 Å². The van der Waals surface area contributed by atoms with Crippen molar-refractivity contribution in [3.63, 3.8) is 0 Å². The Morgan fingerprint density at radius 2 is 1.90 bits per heavy atom. The first-order chi connectivity index (χ1) is 10.1. The van der Waals surface area contributed by atoms with Gasteiger partial charge in [0.25, 0.3) is 0 Å². The molecule has 0 spiro atoms. The predicted octanol–water partition coefficient (Wildman–Crippen LogP) is 3.71. The van der Waals surface area contributed by atoms with Crippen LogP contribution in [0, 0.1) is 0 Å². The Labute approximate surface area is 123 Å². The highest BCUT2D eigenvalue weighted by molar-refractivity contribution is 5.77. The van der Waals surface area contributed by atoms with E-state index in [9.17, 15) is 9.59 Å². The van der Waals surface area contributed by atoms with Gasteiger partial charge in [0.05, 0.1) is 0 Å². The van der Waals surface area contributed by atoms with E-state index in [1.54, 1.807) is 12.1 Å². The first-order valence-corrected chi connectivity index (χ1v) is 6.75. The number of rotatable bonds is 5. The van der Waals surface area contributed by atoms with Gasteiger partial charge in [-0.05, 0) is 29.2 Å². The van der Waals surface area contributed by atoms with Crippen molar-refractivity contribution >= 4 is 12.4 Å². The van der Waals surface area contributed by atoms with Crippen molar-refractivity contribution in [1.29, 1.82) is 0 Å². The molecule has 1 atom stereocenters. The molecule has 0 aliphatic rings. The molecular weight excluding hydrogens is 266 g/mol. The van der Waals surface area contributed by atoms with Crippen molar-refractivity contribution in [3.05, 3.63) is 59.7 Å². The summed E-state index contributed by atoms with van der Waals surface area (Å²) < 4.78 is 5.11. The highest BCUT2D eigenvalue weighted by Gasteiger charge is 2.13. The van der Waals surface area contributed by atoms with Crippen molar-refractivity contribution in [2.75, 3.05) is 0 Å². The van der Waals surface area contributed by atoms with Gasteiger partial charge in [0.2, 0.25) is 0 Å². The standard InChI is InChI=1S/C17H17NO3/c1-2-16(21-17(18)20)15-5-3-4-14(10-15)13-8-6-12(11-19)7-9-13/h3-11,16H,2H2,1H3,(H2,18,20). The monoisotopic (exact) mass is 283 g/mol. The summed E-state index contributed by atoms with van der Waals surface area (Å²) in [6.07, 6.45) is 0.337. The molecule has 108 valence electrons. The summed E-state index contributed by atoms with van der Waals surface area (Å²) in [6, 6.07) is 15.1. The van der Waals surface area contributed by atoms with Gasteiger partial charge in [0, 0.05) is 5.56 Å². The number of hydrogen-bond donors (Lipinski definition) is 1. The SMILES string of the molecule is CCC(OC(N)=O)c1cccc(-c2ccc(C=O)cc2)c1. The number of carbonyl (C=O) groups excluding carboxylic acids is 2. The number of hydrogen-bond acceptors (Lipinski definition) is 3. The van der Waals surface area contributed by atoms with Gasteiger partial charge >= 0.3 is 6.09 Å². The molecule has 2 N–H and O–H groups in total. The molecule has 1 amide bonds. The zero-order valence-corrected chi connectivity index (χ0v) is 11.8. The van der Waals surface area contributed by atoms with E-state index in [-0.39, 0.29) is 6.10 Å². The van der Waals surface area contributed by atoms with Crippen LogP contribution in [-0.4, -0.2) is 12.4 Å². The molecule has 2 aromatic rings. The maximum Gasteiger partial charge on any atom is 0.405 e. The number of nitrogens with two attached hydrogens (primary N) is 1. The quantitative estimate of drug-likeness (QED) is 0.850. The molecule has 0 aliphatic carbocycles. The fraction of sp³-hybridized carbons (Fsp3) is 0.176. The lowest BCUT2D eigenvalue weighted by Gasteiger charge is -2.16. The Balaban J connectivity index is 2.31. The second-order valence-corrected chi connectivity index (χ2v) is 4.70. The van der Waals surface area contributed by atoms with Gasteiger partial charge in [-0.15, -0.1) is 0 Å². The fourth-order valence-electron chi connectivity index (χ4n) is 2.20. The third-order valence-electron chi connectivity index (χ3n) is 3.27. The van der Waals surface area contributed by atoms with E-state index in [1.165, 1.54) is 0 Å². The lowest BCUT2D eigenvalue weighted by atomic mass is 9.99. The summed E-state index contributed by atoms with van der Waals surface area (Å²) >= 11 is 0. The van der Waals surface area contributed by atoms with Gasteiger partial charge in [-0.3, -0.25) is 4.79 Å². The minimum Gasteiger partial charge on any atom is -0.442 e. The van der Waals surface area contributed by atoms with Gasteiger partial charge in [0.1, 0.15) is 12.4 Å². The third-order valence-corrected chi connectivity index (χ3v) is 3.27. The molecule has 21 heavy (non-hydrogen) atoms. The van der Waals surface area contributed by atoms with Crippen molar-refractivity contribution < 1.29 is 14.3 Å². The predicted molar refractivity (Wildman–Crippen MR) is 81.0 cm³/mol. The molecular formula is C17H17NO3. The average molecular weight is 283 g/mol. The van der Waals surface area contributed by atoms with Crippen LogP contribution in [0.25, 0.3) is 11.1 Å². The van der Waals surface area contributed by atoms with Gasteiger partial charge in [0.15, 0.2) is 0 Å². The maximum absolute atomic E-state index is 10.9. The Kier molecular flexibility index (Phi) is 4.72. The lowest BCUT2D eigenvalue weighted by Crippen LogP contribution is -2.17. The van der Waals surface area contributed by atoms with Crippen molar-refractivity contribution in [2.45, 2.75) is 19.4 Å². The van der Waals surface area contributed by atoms with Crippen LogP contribution >= 0.6 is 0 Å². The smallest absolute Gasteiger partial charge is 0.405 e. The Bertz CT molecular complexity index is 635. The van der Waals surface area contributed by atoms with Crippen LogP contribution in [0.4, 0.5) is 4.79 Å². The van der Waals surface area contributed by atoms with Crippen molar-refractivity contribution in [2.24, 2.45) is 5.73 Å². The summed E-state index contributed by atoms with van der Waals surface area (Å²) in [5.74, 6) is 0. The first-order valence-electron chi connectivity index (χ1n) is 6.75. The van der Waals surface area contributed by atoms with Crippen molar-refractivity contribution in [3.8, 4) is 11.1 Å². The first kappa shape index (κ1) is 14.8. The van der Waals surface area contributed by atoms with E-state index >= 15 is 0 Å². The molecule has 4 heteroatoms. The number of carbonyl (C=O) groups is 2. The largest absolute Gasteiger partial charge is 0.442 e. The van der Waals surface area contributed by atoms with E-state index in [2.05, 4.69) is 0 Å². The third kappa shape index (κ3) is 3.69. The lowest BCUT2D eigenvalue weighted by molar-refractivity contribution is 0.104. The molecule has 0 saturated carbocycles. The minimum absolute atomic E-state index is 0.350. The number of amides is 1. The molecule has 2 rings (SSSR count). The second-order valence-electron chi connectivity index (χ2n) is 4.70. The topological polar surface area (TPSA) is 69.4 Å². The summed E-state index contributed by atoms with van der Waals surface area (Å²) in [5, 5.41) is 0. The molecule has 4 nitrogen and oxygen atoms in total. The highest BCUT2D eigenvalue weighted by atomic mass is 16.6. The van der Waals surface area contributed by atoms with Crippen LogP contribution in [0.5, 0.6) is 0 Å². The number of primary amides is 1. The zero-order chi connectivity index (χ0) is 15.2. The van der Waals surface area contributed by atoms with Crippen LogP contribution in [0.3, 0.4) is 0 Å². The average Bonchev–Trinajstić information content (AvgIpc) is 2.52. The van der Waals surface area contributed by atoms with Crippen LogP contribution in [0.1, 0.15) is 35.4 Å². The molecule has 0 heterocycles. The van der Waals surface area contributed by atoms with E-state index in [4.69, 9.17) is 10.5 Å². The van der Waals surface area contributed by atoms with Crippen LogP contribution < -0.4 is 5.73 Å². The minimum atomic E-state index is -0.775. The summed E-state index contributed by atoms with van der Waals surface area (Å²) in [5.41, 5.74) is 8.62. The van der Waals surface area contributed by atoms with Gasteiger partial charge in [-0.25, -0.2) is 4.79 Å². The van der Waals surface area contributed by atoms with Gasteiger partial charge in [-0.2, -0.15) is 0 Å². The van der Waals surface area contributed by atoms with Crippen LogP contribution in [0.15, 0.2) is 48.5 Å². The molecule has 2 aromatic carbocycles. The Hall–Kier alpha value is -2.62. The van der Waals surface area contributed by atoms with E-state index in [0.717, 1.165) is 23.0 Å². The molecule has 0 bridgehead atoms. The summed E-state index contributed by atoms with van der Waals surface area (Å²) in [7, 11) is 0. The zero-order valence-electron chi connectivity index (χ0n) is 11.8. The highest BCUT2D eigenvalue weighted by Crippen LogP contribution is 2.26. The van der Waals surface area contributed by atoms with Crippen LogP contribution in [-0.2, 0) is 4.74 Å². The molecule has 0 fully saturated rings. The van der Waals surface area contributed by atoms with E-state index in [1.807, 2.05) is 43.3 Å².